The lowest BCUT2D eigenvalue weighted by molar-refractivity contribution is 0.0847. The van der Waals surface area contributed by atoms with Gasteiger partial charge in [-0.3, -0.25) is 0 Å². The van der Waals surface area contributed by atoms with Crippen LogP contribution in [0.5, 0.6) is 0 Å². The monoisotopic (exact) mass is 250 g/mol. The maximum absolute atomic E-state index is 9.36. The summed E-state index contributed by atoms with van der Waals surface area (Å²) >= 11 is 0. The minimum absolute atomic E-state index is 0.281. The van der Waals surface area contributed by atoms with Gasteiger partial charge in [0.05, 0.1) is 6.07 Å². The molecule has 0 amide bonds. The molecule has 18 heavy (non-hydrogen) atoms. The third kappa shape index (κ3) is 3.05. The Hall–Kier alpha value is -0.590. The molecule has 3 nitrogen and oxygen atoms in total. The van der Waals surface area contributed by atoms with Crippen molar-refractivity contribution in [2.75, 3.05) is 20.3 Å². The summed E-state index contributed by atoms with van der Waals surface area (Å²) < 4.78 is 5.82. The predicted octanol–water partition coefficient (Wildman–Crippen LogP) is 2.87. The van der Waals surface area contributed by atoms with Crippen LogP contribution in [-0.2, 0) is 4.74 Å². The number of ether oxygens (including phenoxy) is 1. The van der Waals surface area contributed by atoms with Crippen LogP contribution in [0, 0.1) is 23.2 Å². The molecule has 102 valence electrons. The highest BCUT2D eigenvalue weighted by atomic mass is 16.5. The number of nitriles is 1. The summed E-state index contributed by atoms with van der Waals surface area (Å²) in [6.07, 6.45) is 9.82. The van der Waals surface area contributed by atoms with Crippen molar-refractivity contribution in [1.82, 2.24) is 5.32 Å². The third-order valence-corrected chi connectivity index (χ3v) is 4.91. The van der Waals surface area contributed by atoms with E-state index in [4.69, 9.17) is 4.74 Å². The van der Waals surface area contributed by atoms with Gasteiger partial charge < -0.3 is 10.1 Å². The summed E-state index contributed by atoms with van der Waals surface area (Å²) in [6, 6.07) is 2.49. The van der Waals surface area contributed by atoms with Crippen molar-refractivity contribution in [3.05, 3.63) is 0 Å². The standard InChI is InChI=1S/C15H26N2O/c1-17-15(12-16)9-4-7-14(15)8-10-18-11-13-5-2-3-6-13/h13-14,17H,2-11H2,1H3. The summed E-state index contributed by atoms with van der Waals surface area (Å²) in [5.74, 6) is 1.27. The Labute approximate surface area is 111 Å². The van der Waals surface area contributed by atoms with E-state index in [1.165, 1.54) is 38.5 Å². The number of hydrogen-bond donors (Lipinski definition) is 1. The highest BCUT2D eigenvalue weighted by Gasteiger charge is 2.41. The molecule has 0 aliphatic heterocycles. The first-order valence-corrected chi connectivity index (χ1v) is 7.48. The first kappa shape index (κ1) is 13.8. The van der Waals surface area contributed by atoms with Gasteiger partial charge in [-0.2, -0.15) is 5.26 Å². The van der Waals surface area contributed by atoms with E-state index in [1.54, 1.807) is 0 Å². The van der Waals surface area contributed by atoms with Gasteiger partial charge in [0, 0.05) is 13.2 Å². The minimum atomic E-state index is -0.281. The Morgan fingerprint density at radius 1 is 1.28 bits per heavy atom. The average Bonchev–Trinajstić information content (AvgIpc) is 3.04. The molecular weight excluding hydrogens is 224 g/mol. The van der Waals surface area contributed by atoms with E-state index in [-0.39, 0.29) is 5.54 Å². The molecule has 2 atom stereocenters. The second-order valence-corrected chi connectivity index (χ2v) is 5.94. The molecule has 0 aromatic heterocycles. The van der Waals surface area contributed by atoms with Gasteiger partial charge in [-0.15, -0.1) is 0 Å². The molecule has 2 saturated carbocycles. The van der Waals surface area contributed by atoms with E-state index in [0.29, 0.717) is 5.92 Å². The fourth-order valence-electron chi connectivity index (χ4n) is 3.65. The van der Waals surface area contributed by atoms with Crippen molar-refractivity contribution in [2.24, 2.45) is 11.8 Å². The molecule has 2 unspecified atom stereocenters. The Morgan fingerprint density at radius 2 is 2.06 bits per heavy atom. The van der Waals surface area contributed by atoms with Crippen LogP contribution >= 0.6 is 0 Å². The number of nitrogens with zero attached hydrogens (tertiary/aromatic N) is 1. The van der Waals surface area contributed by atoms with E-state index in [0.717, 1.165) is 32.0 Å². The summed E-state index contributed by atoms with van der Waals surface area (Å²) in [7, 11) is 1.92. The fraction of sp³-hybridized carbons (Fsp3) is 0.933. The minimum Gasteiger partial charge on any atom is -0.381 e. The van der Waals surface area contributed by atoms with E-state index >= 15 is 0 Å². The van der Waals surface area contributed by atoms with Gasteiger partial charge >= 0.3 is 0 Å². The second kappa shape index (κ2) is 6.54. The van der Waals surface area contributed by atoms with E-state index < -0.39 is 0 Å². The van der Waals surface area contributed by atoms with Crippen LogP contribution in [0.4, 0.5) is 0 Å². The molecule has 0 bridgehead atoms. The number of hydrogen-bond acceptors (Lipinski definition) is 3. The van der Waals surface area contributed by atoms with Gasteiger partial charge in [-0.05, 0) is 51.0 Å². The van der Waals surface area contributed by atoms with Crippen LogP contribution in [0.15, 0.2) is 0 Å². The molecular formula is C15H26N2O. The third-order valence-electron chi connectivity index (χ3n) is 4.91. The Kier molecular flexibility index (Phi) is 5.03. The number of rotatable bonds is 6. The summed E-state index contributed by atoms with van der Waals surface area (Å²) in [6.45, 7) is 1.76. The molecule has 0 heterocycles. The maximum Gasteiger partial charge on any atom is 0.109 e. The van der Waals surface area contributed by atoms with Crippen molar-refractivity contribution in [2.45, 2.75) is 56.9 Å². The van der Waals surface area contributed by atoms with Crippen molar-refractivity contribution in [3.63, 3.8) is 0 Å². The summed E-state index contributed by atoms with van der Waals surface area (Å²) in [4.78, 5) is 0. The largest absolute Gasteiger partial charge is 0.381 e. The van der Waals surface area contributed by atoms with Crippen molar-refractivity contribution < 1.29 is 4.74 Å². The molecule has 0 saturated heterocycles. The van der Waals surface area contributed by atoms with Crippen LogP contribution in [0.3, 0.4) is 0 Å². The first-order chi connectivity index (χ1) is 8.80. The Balaban J connectivity index is 1.68. The van der Waals surface area contributed by atoms with Crippen molar-refractivity contribution in [1.29, 1.82) is 5.26 Å². The smallest absolute Gasteiger partial charge is 0.109 e. The lowest BCUT2D eigenvalue weighted by Crippen LogP contribution is -2.45. The fourth-order valence-corrected chi connectivity index (χ4v) is 3.65. The lowest BCUT2D eigenvalue weighted by Gasteiger charge is -2.28. The highest BCUT2D eigenvalue weighted by molar-refractivity contribution is 5.13. The van der Waals surface area contributed by atoms with Gasteiger partial charge in [0.2, 0.25) is 0 Å². The van der Waals surface area contributed by atoms with Crippen LogP contribution < -0.4 is 5.32 Å². The molecule has 0 aromatic rings. The van der Waals surface area contributed by atoms with Gasteiger partial charge in [-0.25, -0.2) is 0 Å². The zero-order chi connectivity index (χ0) is 12.8. The highest BCUT2D eigenvalue weighted by Crippen LogP contribution is 2.37. The van der Waals surface area contributed by atoms with E-state index in [1.807, 2.05) is 7.05 Å². The Morgan fingerprint density at radius 3 is 2.72 bits per heavy atom. The maximum atomic E-state index is 9.36. The average molecular weight is 250 g/mol. The molecule has 2 aliphatic rings. The van der Waals surface area contributed by atoms with Gasteiger partial charge in [0.15, 0.2) is 0 Å². The lowest BCUT2D eigenvalue weighted by atomic mass is 9.86. The molecule has 1 N–H and O–H groups in total. The van der Waals surface area contributed by atoms with Gasteiger partial charge in [0.1, 0.15) is 5.54 Å². The predicted molar refractivity (Wildman–Crippen MR) is 72.1 cm³/mol. The SMILES string of the molecule is CNC1(C#N)CCCC1CCOCC1CCCC1. The van der Waals surface area contributed by atoms with Crippen LogP contribution in [0.25, 0.3) is 0 Å². The summed E-state index contributed by atoms with van der Waals surface area (Å²) in [5, 5.41) is 12.6. The first-order valence-electron chi connectivity index (χ1n) is 7.48. The molecule has 0 aromatic carbocycles. The van der Waals surface area contributed by atoms with Crippen molar-refractivity contribution >= 4 is 0 Å². The van der Waals surface area contributed by atoms with E-state index in [9.17, 15) is 5.26 Å². The van der Waals surface area contributed by atoms with E-state index in [2.05, 4.69) is 11.4 Å². The number of nitrogens with one attached hydrogen (secondary N) is 1. The van der Waals surface area contributed by atoms with Crippen LogP contribution in [0.1, 0.15) is 51.4 Å². The quantitative estimate of drug-likeness (QED) is 0.737. The van der Waals surface area contributed by atoms with Gasteiger partial charge in [-0.1, -0.05) is 19.3 Å². The zero-order valence-corrected chi connectivity index (χ0v) is 11.6. The molecule has 3 heteroatoms. The zero-order valence-electron chi connectivity index (χ0n) is 11.6. The molecule has 0 spiro atoms. The normalized spacial score (nSPS) is 32.8. The van der Waals surface area contributed by atoms with Crippen molar-refractivity contribution in [3.8, 4) is 6.07 Å². The molecule has 2 fully saturated rings. The second-order valence-electron chi connectivity index (χ2n) is 5.94. The summed E-state index contributed by atoms with van der Waals surface area (Å²) in [5.41, 5.74) is -0.281. The van der Waals surface area contributed by atoms with Crippen LogP contribution in [0.2, 0.25) is 0 Å². The van der Waals surface area contributed by atoms with Gasteiger partial charge in [0.25, 0.3) is 0 Å². The molecule has 0 radical (unpaired) electrons. The Bertz CT molecular complexity index is 293. The van der Waals surface area contributed by atoms with Crippen LogP contribution in [-0.4, -0.2) is 25.8 Å². The topological polar surface area (TPSA) is 45.0 Å². The molecule has 2 aliphatic carbocycles. The molecule has 2 rings (SSSR count).